The quantitative estimate of drug-likeness (QED) is 0.548. The van der Waals surface area contributed by atoms with Crippen LogP contribution in [0.1, 0.15) is 13.3 Å². The van der Waals surface area contributed by atoms with Gasteiger partial charge in [0.05, 0.1) is 0 Å². The summed E-state index contributed by atoms with van der Waals surface area (Å²) in [6, 6.07) is 0.228. The van der Waals surface area contributed by atoms with Gasteiger partial charge < -0.3 is 5.11 Å². The number of hydrogen-bond acceptors (Lipinski definition) is 2. The zero-order chi connectivity index (χ0) is 7.02. The first-order chi connectivity index (χ1) is 4.13. The molecule has 52 valence electrons. The highest BCUT2D eigenvalue weighted by Crippen LogP contribution is 2.22. The molecule has 1 heterocycles. The molecule has 0 saturated carbocycles. The van der Waals surface area contributed by atoms with Gasteiger partial charge in [0.2, 0.25) is 0 Å². The average molecular weight is 129 g/mol. The van der Waals surface area contributed by atoms with Gasteiger partial charge in [0.1, 0.15) is 6.04 Å². The van der Waals surface area contributed by atoms with E-state index in [0.29, 0.717) is 6.04 Å². The van der Waals surface area contributed by atoms with Crippen LogP contribution in [0, 0.1) is 0 Å². The minimum atomic E-state index is -0.699. The molecule has 0 aromatic carbocycles. The lowest BCUT2D eigenvalue weighted by Gasteiger charge is -2.41. The first kappa shape index (κ1) is 6.55. The van der Waals surface area contributed by atoms with Crippen LogP contribution in [0.25, 0.3) is 0 Å². The van der Waals surface area contributed by atoms with E-state index in [0.717, 1.165) is 6.42 Å². The van der Waals surface area contributed by atoms with E-state index in [1.807, 2.05) is 18.9 Å². The summed E-state index contributed by atoms with van der Waals surface area (Å²) in [5.41, 5.74) is 0. The van der Waals surface area contributed by atoms with Crippen molar-refractivity contribution in [3.8, 4) is 0 Å². The molecule has 0 bridgehead atoms. The van der Waals surface area contributed by atoms with Crippen molar-refractivity contribution in [2.75, 3.05) is 7.05 Å². The third-order valence-corrected chi connectivity index (χ3v) is 2.04. The lowest BCUT2D eigenvalue weighted by atomic mass is 9.96. The Balaban J connectivity index is 2.42. The molecule has 1 rings (SSSR count). The van der Waals surface area contributed by atoms with Gasteiger partial charge in [0.15, 0.2) is 0 Å². The van der Waals surface area contributed by atoms with Crippen LogP contribution in [0.2, 0.25) is 0 Å². The van der Waals surface area contributed by atoms with Crippen molar-refractivity contribution in [3.63, 3.8) is 0 Å². The Bertz CT molecular complexity index is 135. The van der Waals surface area contributed by atoms with Crippen LogP contribution in [0.3, 0.4) is 0 Å². The van der Waals surface area contributed by atoms with Gasteiger partial charge >= 0.3 is 5.97 Å². The molecule has 1 aliphatic rings. The average Bonchev–Trinajstić information content (AvgIpc) is 1.81. The Hall–Kier alpha value is -0.570. The monoisotopic (exact) mass is 129 g/mol. The van der Waals surface area contributed by atoms with Gasteiger partial charge in [-0.3, -0.25) is 9.69 Å². The maximum Gasteiger partial charge on any atom is 0.320 e. The predicted molar refractivity (Wildman–Crippen MR) is 33.3 cm³/mol. The Kier molecular flexibility index (Phi) is 1.45. The van der Waals surface area contributed by atoms with E-state index in [2.05, 4.69) is 0 Å². The van der Waals surface area contributed by atoms with Gasteiger partial charge in [-0.2, -0.15) is 0 Å². The minimum absolute atomic E-state index is 0.222. The zero-order valence-electron chi connectivity index (χ0n) is 5.66. The molecular weight excluding hydrogens is 118 g/mol. The molecule has 0 radical (unpaired) electrons. The minimum Gasteiger partial charge on any atom is -0.480 e. The normalized spacial score (nSPS) is 35.8. The molecular formula is C6H11NO2. The molecule has 0 unspecified atom stereocenters. The first-order valence-corrected chi connectivity index (χ1v) is 3.07. The predicted octanol–water partition coefficient (Wildman–Crippen LogP) is 0.164. The number of nitrogens with zero attached hydrogens (tertiary/aromatic N) is 1. The maximum atomic E-state index is 10.3. The molecule has 0 aliphatic carbocycles. The lowest BCUT2D eigenvalue weighted by Crippen LogP contribution is -2.55. The van der Waals surface area contributed by atoms with E-state index in [-0.39, 0.29) is 6.04 Å². The van der Waals surface area contributed by atoms with Crippen molar-refractivity contribution in [2.45, 2.75) is 25.4 Å². The summed E-state index contributed by atoms with van der Waals surface area (Å²) >= 11 is 0. The number of carboxylic acid groups (broad SMARTS) is 1. The Morgan fingerprint density at radius 3 is 2.44 bits per heavy atom. The van der Waals surface area contributed by atoms with E-state index in [9.17, 15) is 4.79 Å². The summed E-state index contributed by atoms with van der Waals surface area (Å²) in [4.78, 5) is 12.2. The number of aliphatic carboxylic acids is 1. The molecule has 0 aromatic heterocycles. The molecule has 9 heavy (non-hydrogen) atoms. The van der Waals surface area contributed by atoms with Crippen molar-refractivity contribution < 1.29 is 9.90 Å². The molecule has 1 saturated heterocycles. The second kappa shape index (κ2) is 1.99. The number of likely N-dealkylation sites (N-methyl/N-ethyl adjacent to an activating group) is 1. The third-order valence-electron chi connectivity index (χ3n) is 2.04. The van der Waals surface area contributed by atoms with Gasteiger partial charge in [0, 0.05) is 6.04 Å². The van der Waals surface area contributed by atoms with Crippen LogP contribution in [0.4, 0.5) is 0 Å². The summed E-state index contributed by atoms with van der Waals surface area (Å²) in [7, 11) is 1.84. The fraction of sp³-hybridized carbons (Fsp3) is 0.833. The van der Waals surface area contributed by atoms with Crippen molar-refractivity contribution in [3.05, 3.63) is 0 Å². The van der Waals surface area contributed by atoms with Gasteiger partial charge in [-0.25, -0.2) is 0 Å². The summed E-state index contributed by atoms with van der Waals surface area (Å²) in [6.07, 6.45) is 0.797. The maximum absolute atomic E-state index is 10.3. The van der Waals surface area contributed by atoms with Crippen LogP contribution in [0.15, 0.2) is 0 Å². The molecule has 1 N–H and O–H groups in total. The molecule has 3 heteroatoms. The van der Waals surface area contributed by atoms with E-state index in [1.165, 1.54) is 0 Å². The van der Waals surface area contributed by atoms with Crippen LogP contribution in [0.5, 0.6) is 0 Å². The fourth-order valence-corrected chi connectivity index (χ4v) is 1.10. The van der Waals surface area contributed by atoms with E-state index in [4.69, 9.17) is 5.11 Å². The highest BCUT2D eigenvalue weighted by atomic mass is 16.4. The Labute approximate surface area is 54.3 Å². The number of rotatable bonds is 1. The molecule has 2 atom stereocenters. The molecule has 1 aliphatic heterocycles. The van der Waals surface area contributed by atoms with Crippen LogP contribution in [-0.2, 0) is 4.79 Å². The first-order valence-electron chi connectivity index (χ1n) is 3.07. The fourth-order valence-electron chi connectivity index (χ4n) is 1.10. The smallest absolute Gasteiger partial charge is 0.320 e. The molecule has 0 spiro atoms. The zero-order valence-corrected chi connectivity index (χ0v) is 5.66. The van der Waals surface area contributed by atoms with Gasteiger partial charge in [-0.1, -0.05) is 0 Å². The second-order valence-electron chi connectivity index (χ2n) is 2.60. The number of carbonyl (C=O) groups is 1. The topological polar surface area (TPSA) is 40.5 Å². The number of hydrogen-bond donors (Lipinski definition) is 1. The van der Waals surface area contributed by atoms with Gasteiger partial charge in [-0.15, -0.1) is 0 Å². The second-order valence-corrected chi connectivity index (χ2v) is 2.60. The highest BCUT2D eigenvalue weighted by Gasteiger charge is 2.36. The third kappa shape index (κ3) is 0.920. The van der Waals surface area contributed by atoms with Crippen LogP contribution in [-0.4, -0.2) is 35.1 Å². The summed E-state index contributed by atoms with van der Waals surface area (Å²) in [6.45, 7) is 2.03. The van der Waals surface area contributed by atoms with E-state index < -0.39 is 5.97 Å². The summed E-state index contributed by atoms with van der Waals surface area (Å²) in [5, 5.41) is 8.48. The van der Waals surface area contributed by atoms with Crippen molar-refractivity contribution in [1.29, 1.82) is 0 Å². The highest BCUT2D eigenvalue weighted by molar-refractivity contribution is 5.74. The number of carboxylic acids is 1. The Morgan fingerprint density at radius 2 is 2.33 bits per heavy atom. The standard InChI is InChI=1S/C6H11NO2/c1-4-3-5(6(8)9)7(4)2/h4-5H,3H2,1-2H3,(H,8,9)/t4-,5+/m1/s1. The Morgan fingerprint density at radius 1 is 1.78 bits per heavy atom. The molecule has 0 aromatic rings. The van der Waals surface area contributed by atoms with E-state index >= 15 is 0 Å². The van der Waals surface area contributed by atoms with Crippen molar-refractivity contribution >= 4 is 5.97 Å². The van der Waals surface area contributed by atoms with Crippen LogP contribution >= 0.6 is 0 Å². The molecule has 1 fully saturated rings. The van der Waals surface area contributed by atoms with Crippen LogP contribution < -0.4 is 0 Å². The lowest BCUT2D eigenvalue weighted by molar-refractivity contribution is -0.149. The largest absolute Gasteiger partial charge is 0.480 e. The summed E-state index contributed by atoms with van der Waals surface area (Å²) in [5.74, 6) is -0.699. The molecule has 0 amide bonds. The molecule has 3 nitrogen and oxygen atoms in total. The number of likely N-dealkylation sites (tertiary alicyclic amines) is 1. The van der Waals surface area contributed by atoms with Gasteiger partial charge in [-0.05, 0) is 20.4 Å². The van der Waals surface area contributed by atoms with E-state index in [1.54, 1.807) is 0 Å². The SMILES string of the molecule is C[C@@H]1C[C@@H](C(=O)O)N1C. The van der Waals surface area contributed by atoms with Crippen molar-refractivity contribution in [1.82, 2.24) is 4.90 Å². The van der Waals surface area contributed by atoms with Crippen molar-refractivity contribution in [2.24, 2.45) is 0 Å². The summed E-state index contributed by atoms with van der Waals surface area (Å²) < 4.78 is 0. The van der Waals surface area contributed by atoms with Gasteiger partial charge in [0.25, 0.3) is 0 Å².